The lowest BCUT2D eigenvalue weighted by atomic mass is 10.1. The van der Waals surface area contributed by atoms with Crippen molar-refractivity contribution in [2.24, 2.45) is 0 Å². The Labute approximate surface area is 209 Å². The summed E-state index contributed by atoms with van der Waals surface area (Å²) in [5, 5.41) is 5.89. The van der Waals surface area contributed by atoms with Crippen molar-refractivity contribution < 1.29 is 32.2 Å². The van der Waals surface area contributed by atoms with Gasteiger partial charge in [-0.05, 0) is 32.0 Å². The molecule has 0 unspecified atom stereocenters. The molecule has 36 heavy (non-hydrogen) atoms. The SMILES string of the molecule is CCO[C@@H](CNC=O)COc1cc(C(=O)NCc2cnc(C(F)(F)F)nc2)cc(-c2ncc(C)s2)c1. The standard InChI is InChI=1S/C23H24F3N5O4S/c1-3-34-19(11-27-13-32)12-35-18-5-16(4-17(6-18)21-29-7-14(2)36-21)20(33)28-8-15-9-30-22(31-10-15)23(24,25)26/h4-7,9-10,13,19H,3,8,11-12H2,1-2H3,(H,27,32)(H,28,33)/t19-/m0/s1. The zero-order valence-corrected chi connectivity index (χ0v) is 20.3. The number of aryl methyl sites for hydroxylation is 1. The molecule has 1 aromatic carbocycles. The van der Waals surface area contributed by atoms with Crippen LogP contribution in [-0.2, 0) is 22.3 Å². The maximum Gasteiger partial charge on any atom is 0.451 e. The highest BCUT2D eigenvalue weighted by Crippen LogP contribution is 2.30. The summed E-state index contributed by atoms with van der Waals surface area (Å²) in [6, 6.07) is 4.94. The van der Waals surface area contributed by atoms with Crippen LogP contribution in [0.5, 0.6) is 5.75 Å². The molecule has 0 saturated heterocycles. The first-order chi connectivity index (χ1) is 17.2. The van der Waals surface area contributed by atoms with Crippen LogP contribution < -0.4 is 15.4 Å². The first-order valence-electron chi connectivity index (χ1n) is 10.8. The number of nitrogens with one attached hydrogen (secondary N) is 2. The van der Waals surface area contributed by atoms with E-state index < -0.39 is 24.0 Å². The highest BCUT2D eigenvalue weighted by atomic mass is 32.1. The molecule has 0 saturated carbocycles. The monoisotopic (exact) mass is 523 g/mol. The van der Waals surface area contributed by atoms with Crippen molar-refractivity contribution in [3.63, 3.8) is 0 Å². The van der Waals surface area contributed by atoms with E-state index in [4.69, 9.17) is 9.47 Å². The molecule has 3 rings (SSSR count). The number of hydrogen-bond acceptors (Lipinski definition) is 8. The van der Waals surface area contributed by atoms with E-state index in [1.54, 1.807) is 24.4 Å². The van der Waals surface area contributed by atoms with E-state index in [1.807, 2.05) is 13.8 Å². The van der Waals surface area contributed by atoms with Crippen molar-refractivity contribution in [2.45, 2.75) is 32.7 Å². The summed E-state index contributed by atoms with van der Waals surface area (Å²) < 4.78 is 49.4. The van der Waals surface area contributed by atoms with E-state index in [2.05, 4.69) is 25.6 Å². The average Bonchev–Trinajstić information content (AvgIpc) is 3.30. The number of ether oxygens (including phenoxy) is 2. The topological polar surface area (TPSA) is 115 Å². The smallest absolute Gasteiger partial charge is 0.451 e. The van der Waals surface area contributed by atoms with Gasteiger partial charge in [-0.1, -0.05) is 0 Å². The minimum absolute atomic E-state index is 0.0719. The van der Waals surface area contributed by atoms with E-state index >= 15 is 0 Å². The van der Waals surface area contributed by atoms with Crippen molar-refractivity contribution in [1.82, 2.24) is 25.6 Å². The largest absolute Gasteiger partial charge is 0.491 e. The molecule has 13 heteroatoms. The Kier molecular flexibility index (Phi) is 9.31. The molecule has 2 heterocycles. The molecule has 2 amide bonds. The van der Waals surface area contributed by atoms with Gasteiger partial charge in [0.1, 0.15) is 23.5 Å². The van der Waals surface area contributed by atoms with E-state index in [0.717, 1.165) is 17.3 Å². The molecule has 0 aliphatic carbocycles. The van der Waals surface area contributed by atoms with Crippen molar-refractivity contribution in [3.8, 4) is 16.3 Å². The number of thiazole rings is 1. The van der Waals surface area contributed by atoms with Gasteiger partial charge in [0.2, 0.25) is 12.2 Å². The highest BCUT2D eigenvalue weighted by molar-refractivity contribution is 7.14. The third-order valence-corrected chi connectivity index (χ3v) is 5.68. The van der Waals surface area contributed by atoms with Crippen molar-refractivity contribution in [1.29, 1.82) is 0 Å². The number of benzene rings is 1. The molecular formula is C23H24F3N5O4S. The summed E-state index contributed by atoms with van der Waals surface area (Å²) in [5.41, 5.74) is 1.23. The fourth-order valence-corrected chi connectivity index (χ4v) is 3.82. The first-order valence-corrected chi connectivity index (χ1v) is 11.7. The van der Waals surface area contributed by atoms with Crippen molar-refractivity contribution in [3.05, 3.63) is 58.6 Å². The maximum atomic E-state index is 12.9. The second kappa shape index (κ2) is 12.4. The Hall–Kier alpha value is -3.58. The van der Waals surface area contributed by atoms with Crippen LogP contribution in [-0.4, -0.2) is 53.1 Å². The van der Waals surface area contributed by atoms with E-state index in [-0.39, 0.29) is 25.3 Å². The van der Waals surface area contributed by atoms with Crippen LogP contribution in [0.3, 0.4) is 0 Å². The van der Waals surface area contributed by atoms with Gasteiger partial charge in [-0.15, -0.1) is 11.3 Å². The summed E-state index contributed by atoms with van der Waals surface area (Å²) in [4.78, 5) is 35.4. The van der Waals surface area contributed by atoms with Gasteiger partial charge in [0.15, 0.2) is 0 Å². The Morgan fingerprint density at radius 1 is 1.17 bits per heavy atom. The van der Waals surface area contributed by atoms with Gasteiger partial charge in [0.05, 0.1) is 0 Å². The summed E-state index contributed by atoms with van der Waals surface area (Å²) in [6.07, 6.45) is -0.725. The lowest BCUT2D eigenvalue weighted by Crippen LogP contribution is -2.33. The molecule has 192 valence electrons. The van der Waals surface area contributed by atoms with Crippen molar-refractivity contribution in [2.75, 3.05) is 19.8 Å². The van der Waals surface area contributed by atoms with Crippen LogP contribution >= 0.6 is 11.3 Å². The fourth-order valence-electron chi connectivity index (χ4n) is 3.07. The molecule has 9 nitrogen and oxygen atoms in total. The van der Waals surface area contributed by atoms with E-state index in [9.17, 15) is 22.8 Å². The lowest BCUT2D eigenvalue weighted by Gasteiger charge is -2.18. The molecule has 0 radical (unpaired) electrons. The third kappa shape index (κ3) is 7.71. The molecular weight excluding hydrogens is 499 g/mol. The van der Waals surface area contributed by atoms with Gasteiger partial charge in [-0.25, -0.2) is 15.0 Å². The molecule has 0 bridgehead atoms. The predicted molar refractivity (Wildman–Crippen MR) is 125 cm³/mol. The van der Waals surface area contributed by atoms with Gasteiger partial charge >= 0.3 is 6.18 Å². The minimum Gasteiger partial charge on any atom is -0.491 e. The zero-order chi connectivity index (χ0) is 26.1. The molecule has 2 N–H and O–H groups in total. The quantitative estimate of drug-likeness (QED) is 0.350. The maximum absolute atomic E-state index is 12.9. The number of amides is 2. The number of aromatic nitrogens is 3. The zero-order valence-electron chi connectivity index (χ0n) is 19.5. The molecule has 0 aliphatic rings. The van der Waals surface area contributed by atoms with E-state index in [0.29, 0.717) is 34.9 Å². The van der Waals surface area contributed by atoms with Crippen LogP contribution in [0.25, 0.3) is 10.6 Å². The molecule has 3 aromatic rings. The average molecular weight is 524 g/mol. The second-order valence-corrected chi connectivity index (χ2v) is 8.77. The molecule has 1 atom stereocenters. The summed E-state index contributed by atoms with van der Waals surface area (Å²) in [6.45, 7) is 4.47. The first kappa shape index (κ1) is 27.0. The number of carbonyl (C=O) groups is 2. The lowest BCUT2D eigenvalue weighted by molar-refractivity contribution is -0.145. The van der Waals surface area contributed by atoms with Gasteiger partial charge in [0, 0.05) is 59.9 Å². The molecule has 0 aliphatic heterocycles. The minimum atomic E-state index is -4.64. The van der Waals surface area contributed by atoms with Gasteiger partial charge < -0.3 is 20.1 Å². The Balaban J connectivity index is 1.77. The Bertz CT molecular complexity index is 1170. The van der Waals surface area contributed by atoms with Gasteiger partial charge in [-0.2, -0.15) is 13.2 Å². The Morgan fingerprint density at radius 3 is 2.53 bits per heavy atom. The van der Waals surface area contributed by atoms with Crippen LogP contribution in [0.4, 0.5) is 13.2 Å². The summed E-state index contributed by atoms with van der Waals surface area (Å²) in [7, 11) is 0. The van der Waals surface area contributed by atoms with Crippen LogP contribution in [0.1, 0.15) is 33.5 Å². The number of nitrogens with zero attached hydrogens (tertiary/aromatic N) is 3. The van der Waals surface area contributed by atoms with E-state index in [1.165, 1.54) is 11.3 Å². The number of hydrogen-bond donors (Lipinski definition) is 2. The number of alkyl halides is 3. The van der Waals surface area contributed by atoms with Gasteiger partial charge in [0.25, 0.3) is 5.91 Å². The molecule has 0 fully saturated rings. The highest BCUT2D eigenvalue weighted by Gasteiger charge is 2.34. The number of halogens is 3. The number of rotatable bonds is 12. The summed E-state index contributed by atoms with van der Waals surface area (Å²) in [5.74, 6) is -1.34. The second-order valence-electron chi connectivity index (χ2n) is 7.53. The van der Waals surface area contributed by atoms with Crippen molar-refractivity contribution >= 4 is 23.7 Å². The van der Waals surface area contributed by atoms with Crippen LogP contribution in [0.2, 0.25) is 0 Å². The summed E-state index contributed by atoms with van der Waals surface area (Å²) >= 11 is 1.45. The molecule has 2 aromatic heterocycles. The Morgan fingerprint density at radius 2 is 1.92 bits per heavy atom. The van der Waals surface area contributed by atoms with Crippen LogP contribution in [0.15, 0.2) is 36.8 Å². The van der Waals surface area contributed by atoms with Crippen LogP contribution in [0, 0.1) is 6.92 Å². The third-order valence-electron chi connectivity index (χ3n) is 4.72. The van der Waals surface area contributed by atoms with Gasteiger partial charge in [-0.3, -0.25) is 9.59 Å². The number of carbonyl (C=O) groups excluding carboxylic acids is 2. The normalized spacial score (nSPS) is 12.1. The predicted octanol–water partition coefficient (Wildman–Crippen LogP) is 3.39. The fraction of sp³-hybridized carbons (Fsp3) is 0.348. The molecule has 0 spiro atoms.